The van der Waals surface area contributed by atoms with Crippen molar-refractivity contribution in [3.8, 4) is 0 Å². The first-order valence-corrected chi connectivity index (χ1v) is 7.54. The standard InChI is InChI=1S/C14H27N3O/c1-15-14(11-18)5-4-12(9-14)17-8-7-16-6-2-3-13(16)10-17/h12-13,15,18H,2-11H2,1H3. The summed E-state index contributed by atoms with van der Waals surface area (Å²) in [4.78, 5) is 5.37. The number of hydrogen-bond acceptors (Lipinski definition) is 4. The topological polar surface area (TPSA) is 38.7 Å². The molecule has 2 aliphatic heterocycles. The number of likely N-dealkylation sites (N-methyl/N-ethyl adjacent to an activating group) is 1. The van der Waals surface area contributed by atoms with E-state index >= 15 is 0 Å². The maximum Gasteiger partial charge on any atom is 0.0613 e. The van der Waals surface area contributed by atoms with Gasteiger partial charge in [0, 0.05) is 37.3 Å². The summed E-state index contributed by atoms with van der Waals surface area (Å²) < 4.78 is 0. The molecule has 3 atom stereocenters. The molecule has 2 N–H and O–H groups in total. The molecule has 0 radical (unpaired) electrons. The minimum atomic E-state index is -0.00250. The largest absolute Gasteiger partial charge is 0.394 e. The lowest BCUT2D eigenvalue weighted by Gasteiger charge is -2.41. The van der Waals surface area contributed by atoms with E-state index in [0.717, 1.165) is 18.9 Å². The molecule has 3 aliphatic rings. The molecule has 1 saturated carbocycles. The normalized spacial score (nSPS) is 42.3. The molecular formula is C14H27N3O. The van der Waals surface area contributed by atoms with Gasteiger partial charge in [0.05, 0.1) is 6.61 Å². The van der Waals surface area contributed by atoms with Gasteiger partial charge in [0.25, 0.3) is 0 Å². The third kappa shape index (κ3) is 2.20. The van der Waals surface area contributed by atoms with Crippen LogP contribution in [0.1, 0.15) is 32.1 Å². The minimum Gasteiger partial charge on any atom is -0.394 e. The number of piperazine rings is 1. The van der Waals surface area contributed by atoms with Crippen molar-refractivity contribution < 1.29 is 5.11 Å². The van der Waals surface area contributed by atoms with Crippen molar-refractivity contribution in [1.82, 2.24) is 15.1 Å². The molecule has 3 fully saturated rings. The predicted molar refractivity (Wildman–Crippen MR) is 72.7 cm³/mol. The molecular weight excluding hydrogens is 226 g/mol. The monoisotopic (exact) mass is 253 g/mol. The van der Waals surface area contributed by atoms with Gasteiger partial charge in [0.2, 0.25) is 0 Å². The Kier molecular flexibility index (Phi) is 3.63. The van der Waals surface area contributed by atoms with Crippen LogP contribution >= 0.6 is 0 Å². The smallest absolute Gasteiger partial charge is 0.0613 e. The molecule has 0 aromatic heterocycles. The summed E-state index contributed by atoms with van der Waals surface area (Å²) in [5.41, 5.74) is -0.00250. The van der Waals surface area contributed by atoms with Crippen molar-refractivity contribution >= 4 is 0 Å². The van der Waals surface area contributed by atoms with E-state index in [0.29, 0.717) is 6.04 Å². The van der Waals surface area contributed by atoms with Crippen LogP contribution in [-0.4, -0.2) is 72.4 Å². The van der Waals surface area contributed by atoms with Gasteiger partial charge in [-0.2, -0.15) is 0 Å². The van der Waals surface area contributed by atoms with Gasteiger partial charge in [-0.05, 0) is 45.7 Å². The summed E-state index contributed by atoms with van der Waals surface area (Å²) in [6.45, 7) is 5.35. The molecule has 0 spiro atoms. The van der Waals surface area contributed by atoms with Crippen LogP contribution in [0.4, 0.5) is 0 Å². The van der Waals surface area contributed by atoms with Crippen molar-refractivity contribution in [1.29, 1.82) is 0 Å². The van der Waals surface area contributed by atoms with Crippen LogP contribution in [0, 0.1) is 0 Å². The maximum absolute atomic E-state index is 9.59. The van der Waals surface area contributed by atoms with E-state index in [9.17, 15) is 5.11 Å². The summed E-state index contributed by atoms with van der Waals surface area (Å²) in [5.74, 6) is 0. The second-order valence-corrected chi connectivity index (χ2v) is 6.41. The first-order chi connectivity index (χ1) is 8.76. The van der Waals surface area contributed by atoms with Crippen LogP contribution in [-0.2, 0) is 0 Å². The molecule has 0 amide bonds. The average Bonchev–Trinajstić information content (AvgIpc) is 3.05. The van der Waals surface area contributed by atoms with Gasteiger partial charge in [0.15, 0.2) is 0 Å². The molecule has 4 heteroatoms. The highest BCUT2D eigenvalue weighted by Crippen LogP contribution is 2.34. The van der Waals surface area contributed by atoms with E-state index in [2.05, 4.69) is 15.1 Å². The highest BCUT2D eigenvalue weighted by Gasteiger charge is 2.42. The van der Waals surface area contributed by atoms with E-state index in [1.165, 1.54) is 45.4 Å². The Morgan fingerprint density at radius 3 is 2.72 bits per heavy atom. The molecule has 1 aliphatic carbocycles. The van der Waals surface area contributed by atoms with Crippen LogP contribution in [0.5, 0.6) is 0 Å². The summed E-state index contributed by atoms with van der Waals surface area (Å²) in [5, 5.41) is 12.9. The average molecular weight is 253 g/mol. The number of nitrogens with one attached hydrogen (secondary N) is 1. The van der Waals surface area contributed by atoms with Crippen molar-refractivity contribution in [2.24, 2.45) is 0 Å². The summed E-state index contributed by atoms with van der Waals surface area (Å²) in [7, 11) is 1.99. The van der Waals surface area contributed by atoms with E-state index in [4.69, 9.17) is 0 Å². The Bertz CT molecular complexity index is 291. The molecule has 18 heavy (non-hydrogen) atoms. The third-order valence-electron chi connectivity index (χ3n) is 5.55. The van der Waals surface area contributed by atoms with Gasteiger partial charge in [-0.1, -0.05) is 0 Å². The van der Waals surface area contributed by atoms with Crippen LogP contribution in [0.3, 0.4) is 0 Å². The number of aliphatic hydroxyl groups excluding tert-OH is 1. The first kappa shape index (κ1) is 12.9. The van der Waals surface area contributed by atoms with Crippen LogP contribution in [0.2, 0.25) is 0 Å². The fourth-order valence-corrected chi connectivity index (χ4v) is 4.21. The van der Waals surface area contributed by atoms with Gasteiger partial charge >= 0.3 is 0 Å². The van der Waals surface area contributed by atoms with Crippen LogP contribution < -0.4 is 5.32 Å². The van der Waals surface area contributed by atoms with Gasteiger partial charge in [0.1, 0.15) is 0 Å². The second kappa shape index (κ2) is 5.08. The van der Waals surface area contributed by atoms with Crippen molar-refractivity contribution in [3.05, 3.63) is 0 Å². The molecule has 2 saturated heterocycles. The van der Waals surface area contributed by atoms with E-state index in [1.54, 1.807) is 0 Å². The quantitative estimate of drug-likeness (QED) is 0.757. The fraction of sp³-hybridized carbons (Fsp3) is 1.00. The third-order valence-corrected chi connectivity index (χ3v) is 5.55. The molecule has 2 heterocycles. The molecule has 4 nitrogen and oxygen atoms in total. The number of hydrogen-bond donors (Lipinski definition) is 2. The Morgan fingerprint density at radius 2 is 2.00 bits per heavy atom. The minimum absolute atomic E-state index is 0.00250. The van der Waals surface area contributed by atoms with Crippen molar-refractivity contribution in [3.63, 3.8) is 0 Å². The zero-order valence-electron chi connectivity index (χ0n) is 11.6. The van der Waals surface area contributed by atoms with Crippen molar-refractivity contribution in [2.75, 3.05) is 39.8 Å². The number of nitrogens with zero attached hydrogens (tertiary/aromatic N) is 2. The second-order valence-electron chi connectivity index (χ2n) is 6.41. The maximum atomic E-state index is 9.59. The van der Waals surface area contributed by atoms with Gasteiger partial charge in [-0.15, -0.1) is 0 Å². The van der Waals surface area contributed by atoms with Gasteiger partial charge < -0.3 is 10.4 Å². The van der Waals surface area contributed by atoms with Crippen LogP contribution in [0.25, 0.3) is 0 Å². The molecule has 104 valence electrons. The Morgan fingerprint density at radius 1 is 1.17 bits per heavy atom. The number of fused-ring (bicyclic) bond motifs is 1. The van der Waals surface area contributed by atoms with E-state index in [-0.39, 0.29) is 12.1 Å². The number of aliphatic hydroxyl groups is 1. The number of rotatable bonds is 3. The zero-order valence-corrected chi connectivity index (χ0v) is 11.6. The van der Waals surface area contributed by atoms with E-state index in [1.807, 2.05) is 7.05 Å². The van der Waals surface area contributed by atoms with Gasteiger partial charge in [-0.25, -0.2) is 0 Å². The van der Waals surface area contributed by atoms with Gasteiger partial charge in [-0.3, -0.25) is 9.80 Å². The lowest BCUT2D eigenvalue weighted by Crippen LogP contribution is -2.54. The van der Waals surface area contributed by atoms with E-state index < -0.39 is 0 Å². The molecule has 3 rings (SSSR count). The fourth-order valence-electron chi connectivity index (χ4n) is 4.21. The first-order valence-electron chi connectivity index (χ1n) is 7.54. The highest BCUT2D eigenvalue weighted by atomic mass is 16.3. The lowest BCUT2D eigenvalue weighted by molar-refractivity contribution is 0.0672. The summed E-state index contributed by atoms with van der Waals surface area (Å²) >= 11 is 0. The summed E-state index contributed by atoms with van der Waals surface area (Å²) in [6, 6.07) is 1.50. The molecule has 0 bridgehead atoms. The molecule has 3 unspecified atom stereocenters. The molecule has 0 aromatic carbocycles. The Hall–Kier alpha value is -0.160. The molecule has 0 aromatic rings. The summed E-state index contributed by atoms with van der Waals surface area (Å²) in [6.07, 6.45) is 6.26. The Labute approximate surface area is 110 Å². The highest BCUT2D eigenvalue weighted by molar-refractivity contribution is 5.00. The lowest BCUT2D eigenvalue weighted by atomic mass is 9.98. The zero-order chi connectivity index (χ0) is 12.6. The van der Waals surface area contributed by atoms with Crippen LogP contribution in [0.15, 0.2) is 0 Å². The predicted octanol–water partition coefficient (Wildman–Crippen LogP) is 0.269. The SMILES string of the molecule is CNC1(CO)CCC(N2CCN3CCCC3C2)C1. The Balaban J connectivity index is 1.60. The van der Waals surface area contributed by atoms with Crippen molar-refractivity contribution in [2.45, 2.75) is 49.7 Å².